The fraction of sp³-hybridized carbons (Fsp3) is 0.933. The summed E-state index contributed by atoms with van der Waals surface area (Å²) >= 11 is 0. The molecule has 0 aromatic heterocycles. The molecule has 4 bridgehead atoms. The van der Waals surface area contributed by atoms with Gasteiger partial charge in [-0.2, -0.15) is 0 Å². The van der Waals surface area contributed by atoms with Crippen LogP contribution in [0.4, 0.5) is 0 Å². The van der Waals surface area contributed by atoms with Crippen molar-refractivity contribution < 1.29 is 14.6 Å². The van der Waals surface area contributed by atoms with Crippen LogP contribution in [0.3, 0.4) is 0 Å². The molecule has 0 aromatic carbocycles. The minimum absolute atomic E-state index is 0.151. The smallest absolute Gasteiger partial charge is 0.315 e. The molecular weight excluding hydrogens is 228 g/mol. The summed E-state index contributed by atoms with van der Waals surface area (Å²) in [5.41, 5.74) is -1.04. The van der Waals surface area contributed by atoms with E-state index in [1.165, 1.54) is 6.42 Å². The molecule has 0 radical (unpaired) electrons. The van der Waals surface area contributed by atoms with E-state index in [-0.39, 0.29) is 5.97 Å². The van der Waals surface area contributed by atoms with Gasteiger partial charge in [-0.15, -0.1) is 0 Å². The summed E-state index contributed by atoms with van der Waals surface area (Å²) in [6, 6.07) is 0. The lowest BCUT2D eigenvalue weighted by Crippen LogP contribution is -2.60. The van der Waals surface area contributed by atoms with Gasteiger partial charge in [0.25, 0.3) is 0 Å². The van der Waals surface area contributed by atoms with Gasteiger partial charge in [0.2, 0.25) is 0 Å². The van der Waals surface area contributed by atoms with Crippen LogP contribution in [0.25, 0.3) is 0 Å². The van der Waals surface area contributed by atoms with E-state index in [0.717, 1.165) is 25.7 Å². The Morgan fingerprint density at radius 1 is 1.17 bits per heavy atom. The van der Waals surface area contributed by atoms with Crippen LogP contribution in [0, 0.1) is 23.2 Å². The highest BCUT2D eigenvalue weighted by atomic mass is 16.6. The van der Waals surface area contributed by atoms with Crippen LogP contribution in [-0.4, -0.2) is 22.8 Å². The van der Waals surface area contributed by atoms with Crippen molar-refractivity contribution in [2.24, 2.45) is 23.2 Å². The summed E-state index contributed by atoms with van der Waals surface area (Å²) in [4.78, 5) is 12.5. The zero-order valence-corrected chi connectivity index (χ0v) is 11.6. The third-order valence-electron chi connectivity index (χ3n) is 5.06. The van der Waals surface area contributed by atoms with Crippen LogP contribution in [0.15, 0.2) is 0 Å². The van der Waals surface area contributed by atoms with Gasteiger partial charge in [-0.1, -0.05) is 0 Å². The molecule has 0 aromatic rings. The van der Waals surface area contributed by atoms with E-state index in [9.17, 15) is 9.90 Å². The van der Waals surface area contributed by atoms with Crippen LogP contribution >= 0.6 is 0 Å². The van der Waals surface area contributed by atoms with E-state index in [2.05, 4.69) is 0 Å². The predicted molar refractivity (Wildman–Crippen MR) is 67.8 cm³/mol. The molecule has 4 fully saturated rings. The van der Waals surface area contributed by atoms with E-state index >= 15 is 0 Å². The van der Waals surface area contributed by atoms with E-state index < -0.39 is 17.1 Å². The zero-order valence-electron chi connectivity index (χ0n) is 11.6. The lowest BCUT2D eigenvalue weighted by Gasteiger charge is -2.58. The van der Waals surface area contributed by atoms with Crippen LogP contribution in [0.2, 0.25) is 0 Å². The molecule has 0 amide bonds. The maximum Gasteiger partial charge on any atom is 0.315 e. The van der Waals surface area contributed by atoms with Gasteiger partial charge in [0.05, 0.1) is 11.5 Å². The highest BCUT2D eigenvalue weighted by Crippen LogP contribution is 2.60. The largest absolute Gasteiger partial charge is 0.459 e. The Morgan fingerprint density at radius 3 is 2.22 bits per heavy atom. The molecular formula is C15H24O3. The molecule has 0 spiro atoms. The zero-order chi connectivity index (χ0) is 13.1. The Bertz CT molecular complexity index is 354. The molecule has 3 heteroatoms. The molecule has 4 aliphatic rings. The van der Waals surface area contributed by atoms with E-state index in [1.807, 2.05) is 20.8 Å². The number of carbonyl (C=O) groups excluding carboxylic acids is 1. The monoisotopic (exact) mass is 252 g/mol. The van der Waals surface area contributed by atoms with Crippen molar-refractivity contribution in [1.82, 2.24) is 0 Å². The second kappa shape index (κ2) is 3.72. The van der Waals surface area contributed by atoms with Crippen molar-refractivity contribution >= 4 is 5.97 Å². The Balaban J connectivity index is 1.87. The fourth-order valence-electron chi connectivity index (χ4n) is 4.68. The molecule has 4 saturated carbocycles. The molecule has 4 rings (SSSR count). The van der Waals surface area contributed by atoms with Gasteiger partial charge in [-0.25, -0.2) is 0 Å². The molecule has 1 N–H and O–H groups in total. The molecule has 0 heterocycles. The number of aliphatic hydroxyl groups excluding tert-OH is 1. The second-order valence-corrected chi connectivity index (χ2v) is 7.71. The van der Waals surface area contributed by atoms with Gasteiger partial charge in [0.15, 0.2) is 0 Å². The third kappa shape index (κ3) is 1.78. The summed E-state index contributed by atoms with van der Waals surface area (Å²) in [5, 5.41) is 10.5. The third-order valence-corrected chi connectivity index (χ3v) is 5.06. The molecule has 102 valence electrons. The first-order valence-electron chi connectivity index (χ1n) is 7.22. The molecule has 18 heavy (non-hydrogen) atoms. The van der Waals surface area contributed by atoms with E-state index in [1.54, 1.807) is 0 Å². The van der Waals surface area contributed by atoms with E-state index in [4.69, 9.17) is 4.74 Å². The summed E-state index contributed by atoms with van der Waals surface area (Å²) < 4.78 is 5.59. The number of carbonyl (C=O) groups is 1. The molecule has 3 unspecified atom stereocenters. The predicted octanol–water partition coefficient (Wildman–Crippen LogP) is 2.52. The Hall–Kier alpha value is -0.570. The average Bonchev–Trinajstić information content (AvgIpc) is 2.22. The normalized spacial score (nSPS) is 46.2. The molecule has 3 atom stereocenters. The number of hydrogen-bond donors (Lipinski definition) is 1. The SMILES string of the molecule is CC(C)(C)OC(=O)C12CC3CC(CC(C3)C1O)C2. The van der Waals surface area contributed by atoms with Crippen molar-refractivity contribution in [2.75, 3.05) is 0 Å². The standard InChI is InChI=1S/C15H24O3/c1-14(2,3)18-13(17)15-7-9-4-10(8-15)6-11(5-9)12(15)16/h9-12,16H,4-8H2,1-3H3. The topological polar surface area (TPSA) is 46.5 Å². The first-order valence-corrected chi connectivity index (χ1v) is 7.22. The van der Waals surface area contributed by atoms with Crippen molar-refractivity contribution in [3.05, 3.63) is 0 Å². The Kier molecular flexibility index (Phi) is 2.58. The Morgan fingerprint density at radius 2 is 1.72 bits per heavy atom. The highest BCUT2D eigenvalue weighted by Gasteiger charge is 2.61. The van der Waals surface area contributed by atoms with Crippen LogP contribution in [-0.2, 0) is 9.53 Å². The number of aliphatic hydroxyl groups is 1. The maximum atomic E-state index is 12.5. The van der Waals surface area contributed by atoms with Gasteiger partial charge in [-0.3, -0.25) is 4.79 Å². The van der Waals surface area contributed by atoms with Crippen LogP contribution in [0.1, 0.15) is 52.9 Å². The summed E-state index contributed by atoms with van der Waals surface area (Å²) in [6.07, 6.45) is 4.70. The highest BCUT2D eigenvalue weighted by molar-refractivity contribution is 5.78. The number of rotatable bonds is 1. The van der Waals surface area contributed by atoms with Gasteiger partial charge >= 0.3 is 5.97 Å². The minimum Gasteiger partial charge on any atom is -0.459 e. The van der Waals surface area contributed by atoms with Crippen LogP contribution < -0.4 is 0 Å². The minimum atomic E-state index is -0.581. The average molecular weight is 252 g/mol. The molecule has 3 nitrogen and oxygen atoms in total. The quantitative estimate of drug-likeness (QED) is 0.729. The van der Waals surface area contributed by atoms with Gasteiger partial charge in [0.1, 0.15) is 5.60 Å². The molecule has 0 aliphatic heterocycles. The first kappa shape index (κ1) is 12.5. The lowest BCUT2D eigenvalue weighted by molar-refractivity contribution is -0.206. The second-order valence-electron chi connectivity index (χ2n) is 7.71. The summed E-state index contributed by atoms with van der Waals surface area (Å²) in [5.74, 6) is 1.46. The van der Waals surface area contributed by atoms with Crippen molar-refractivity contribution in [3.63, 3.8) is 0 Å². The van der Waals surface area contributed by atoms with Gasteiger partial charge in [0, 0.05) is 0 Å². The fourth-order valence-corrected chi connectivity index (χ4v) is 4.68. The first-order chi connectivity index (χ1) is 8.30. The van der Waals surface area contributed by atoms with Gasteiger partial charge in [-0.05, 0) is 70.6 Å². The number of hydrogen-bond acceptors (Lipinski definition) is 3. The maximum absolute atomic E-state index is 12.5. The van der Waals surface area contributed by atoms with E-state index in [0.29, 0.717) is 17.8 Å². The molecule has 4 aliphatic carbocycles. The van der Waals surface area contributed by atoms with Crippen molar-refractivity contribution in [1.29, 1.82) is 0 Å². The summed E-state index contributed by atoms with van der Waals surface area (Å²) in [6.45, 7) is 5.70. The number of ether oxygens (including phenoxy) is 1. The lowest BCUT2D eigenvalue weighted by atomic mass is 9.48. The molecule has 0 saturated heterocycles. The Labute approximate surface area is 109 Å². The number of esters is 1. The summed E-state index contributed by atoms with van der Waals surface area (Å²) in [7, 11) is 0. The van der Waals surface area contributed by atoms with Gasteiger partial charge < -0.3 is 9.84 Å². The van der Waals surface area contributed by atoms with Crippen molar-refractivity contribution in [2.45, 2.75) is 64.6 Å². The van der Waals surface area contributed by atoms with Crippen molar-refractivity contribution in [3.8, 4) is 0 Å². The van der Waals surface area contributed by atoms with Crippen LogP contribution in [0.5, 0.6) is 0 Å².